The second-order valence-electron chi connectivity index (χ2n) is 3.37. The summed E-state index contributed by atoms with van der Waals surface area (Å²) in [6, 6.07) is 0. The number of methoxy groups -OCH3 is 1. The largest absolute Gasteiger partial charge is 0.351 e. The van der Waals surface area contributed by atoms with Gasteiger partial charge in [0.15, 0.2) is 0 Å². The minimum absolute atomic E-state index is 0.221. The summed E-state index contributed by atoms with van der Waals surface area (Å²) in [5, 5.41) is 0.853. The average molecular weight is 223 g/mol. The summed E-state index contributed by atoms with van der Waals surface area (Å²) in [7, 11) is -2.27. The van der Waals surface area contributed by atoms with Crippen LogP contribution in [0.2, 0.25) is 0 Å². The molecular formula is C7H14NO5P. The molecule has 0 aromatic heterocycles. The lowest BCUT2D eigenvalue weighted by molar-refractivity contribution is -0.196. The van der Waals surface area contributed by atoms with Crippen molar-refractivity contribution >= 4 is 13.3 Å². The zero-order valence-electron chi connectivity index (χ0n) is 8.34. The second-order valence-corrected chi connectivity index (χ2v) is 5.69. The van der Waals surface area contributed by atoms with Crippen LogP contribution < -0.4 is 0 Å². The van der Waals surface area contributed by atoms with Crippen molar-refractivity contribution in [3.8, 4) is 0 Å². The van der Waals surface area contributed by atoms with Crippen molar-refractivity contribution in [3.63, 3.8) is 0 Å². The standard InChI is InChI=1S/C7H14NO5P/c1-5-4-13-8(6(5)9)7(12-2)14(3,10)11/h5,7H,4H2,1-3H3,(H,10,11). The summed E-state index contributed by atoms with van der Waals surface area (Å²) in [4.78, 5) is 25.7. The summed E-state index contributed by atoms with van der Waals surface area (Å²) in [5.74, 6) is -1.83. The van der Waals surface area contributed by atoms with Crippen LogP contribution >= 0.6 is 7.37 Å². The Hall–Kier alpha value is -0.420. The van der Waals surface area contributed by atoms with E-state index in [-0.39, 0.29) is 18.4 Å². The molecular weight excluding hydrogens is 209 g/mol. The molecule has 0 aromatic rings. The number of nitrogens with zero attached hydrogens (tertiary/aromatic N) is 1. The monoisotopic (exact) mass is 223 g/mol. The molecule has 3 atom stereocenters. The number of hydrogen-bond acceptors (Lipinski definition) is 4. The van der Waals surface area contributed by atoms with Crippen molar-refractivity contribution in [2.45, 2.75) is 12.9 Å². The third kappa shape index (κ3) is 2.15. The van der Waals surface area contributed by atoms with Crippen molar-refractivity contribution < 1.29 is 23.8 Å². The van der Waals surface area contributed by atoms with Gasteiger partial charge in [0.25, 0.3) is 5.91 Å². The molecule has 1 saturated heterocycles. The topological polar surface area (TPSA) is 76.1 Å². The van der Waals surface area contributed by atoms with Crippen LogP contribution in [-0.4, -0.2) is 42.2 Å². The van der Waals surface area contributed by atoms with Crippen molar-refractivity contribution in [2.24, 2.45) is 5.92 Å². The average Bonchev–Trinajstić information content (AvgIpc) is 2.35. The van der Waals surface area contributed by atoms with Gasteiger partial charge < -0.3 is 9.63 Å². The van der Waals surface area contributed by atoms with Crippen LogP contribution in [-0.2, 0) is 18.9 Å². The van der Waals surface area contributed by atoms with E-state index < -0.39 is 13.3 Å². The first-order valence-electron chi connectivity index (χ1n) is 4.16. The minimum Gasteiger partial charge on any atom is -0.351 e. The first-order chi connectivity index (χ1) is 6.38. The third-order valence-electron chi connectivity index (χ3n) is 1.92. The molecule has 1 amide bonds. The molecule has 0 saturated carbocycles. The molecule has 1 heterocycles. The van der Waals surface area contributed by atoms with E-state index >= 15 is 0 Å². The molecule has 82 valence electrons. The Morgan fingerprint density at radius 3 is 2.64 bits per heavy atom. The molecule has 1 aliphatic rings. The maximum Gasteiger partial charge on any atom is 0.254 e. The molecule has 0 radical (unpaired) electrons. The lowest BCUT2D eigenvalue weighted by atomic mass is 10.2. The molecule has 0 spiro atoms. The smallest absolute Gasteiger partial charge is 0.254 e. The maximum atomic E-state index is 11.4. The lowest BCUT2D eigenvalue weighted by Crippen LogP contribution is -2.37. The Morgan fingerprint density at radius 2 is 2.36 bits per heavy atom. The SMILES string of the molecule is COC(N1OCC(C)C1=O)P(C)(=O)O. The van der Waals surface area contributed by atoms with Crippen LogP contribution in [0.25, 0.3) is 0 Å². The number of ether oxygens (including phenoxy) is 1. The van der Waals surface area contributed by atoms with Gasteiger partial charge in [-0.1, -0.05) is 6.92 Å². The Morgan fingerprint density at radius 1 is 1.79 bits per heavy atom. The fourth-order valence-corrected chi connectivity index (χ4v) is 2.16. The van der Waals surface area contributed by atoms with Gasteiger partial charge in [0.05, 0.1) is 12.5 Å². The van der Waals surface area contributed by atoms with E-state index in [2.05, 4.69) is 0 Å². The van der Waals surface area contributed by atoms with Gasteiger partial charge in [-0.3, -0.25) is 14.2 Å². The Labute approximate surface area is 82.2 Å². The highest BCUT2D eigenvalue weighted by atomic mass is 31.2. The second kappa shape index (κ2) is 3.98. The number of carbonyl (C=O) groups excluding carboxylic acids is 1. The zero-order chi connectivity index (χ0) is 10.9. The molecule has 6 nitrogen and oxygen atoms in total. The van der Waals surface area contributed by atoms with E-state index in [0.29, 0.717) is 0 Å². The summed E-state index contributed by atoms with van der Waals surface area (Å²) >= 11 is 0. The summed E-state index contributed by atoms with van der Waals surface area (Å²) in [5.41, 5.74) is 0. The van der Waals surface area contributed by atoms with E-state index in [1.807, 2.05) is 0 Å². The van der Waals surface area contributed by atoms with Crippen molar-refractivity contribution in [1.82, 2.24) is 5.06 Å². The van der Waals surface area contributed by atoms with Crippen LogP contribution in [0.15, 0.2) is 0 Å². The van der Waals surface area contributed by atoms with E-state index in [9.17, 15) is 14.3 Å². The Kier molecular flexibility index (Phi) is 3.32. The van der Waals surface area contributed by atoms with Crippen LogP contribution in [0.1, 0.15) is 6.92 Å². The normalized spacial score (nSPS) is 29.0. The van der Waals surface area contributed by atoms with Gasteiger partial charge >= 0.3 is 0 Å². The van der Waals surface area contributed by atoms with Crippen molar-refractivity contribution in [3.05, 3.63) is 0 Å². The predicted octanol–water partition coefficient (Wildman–Crippen LogP) is 0.226. The molecule has 7 heteroatoms. The number of carbonyl (C=O) groups is 1. The molecule has 1 rings (SSSR count). The Bertz CT molecular complexity index is 275. The molecule has 0 aliphatic carbocycles. The molecule has 3 unspecified atom stereocenters. The first-order valence-corrected chi connectivity index (χ1v) is 6.34. The number of hydroxylamine groups is 2. The van der Waals surface area contributed by atoms with Crippen molar-refractivity contribution in [2.75, 3.05) is 20.4 Å². The van der Waals surface area contributed by atoms with Crippen LogP contribution in [0.4, 0.5) is 0 Å². The van der Waals surface area contributed by atoms with Gasteiger partial charge in [-0.05, 0) is 0 Å². The van der Waals surface area contributed by atoms with Gasteiger partial charge in [0.2, 0.25) is 13.3 Å². The molecule has 14 heavy (non-hydrogen) atoms. The first kappa shape index (κ1) is 11.7. The number of amides is 1. The van der Waals surface area contributed by atoms with Gasteiger partial charge in [-0.15, -0.1) is 0 Å². The summed E-state index contributed by atoms with van der Waals surface area (Å²) in [6.45, 7) is 3.03. The highest BCUT2D eigenvalue weighted by Crippen LogP contribution is 2.45. The molecule has 1 fully saturated rings. The molecule has 1 aliphatic heterocycles. The highest BCUT2D eigenvalue weighted by molar-refractivity contribution is 7.57. The highest BCUT2D eigenvalue weighted by Gasteiger charge is 2.42. The summed E-state index contributed by atoms with van der Waals surface area (Å²) < 4.78 is 16.1. The van der Waals surface area contributed by atoms with Gasteiger partial charge in [-0.2, -0.15) is 5.06 Å². The van der Waals surface area contributed by atoms with E-state index in [1.165, 1.54) is 7.11 Å². The van der Waals surface area contributed by atoms with E-state index in [1.54, 1.807) is 6.92 Å². The van der Waals surface area contributed by atoms with Gasteiger partial charge in [-0.25, -0.2) is 0 Å². The lowest BCUT2D eigenvalue weighted by Gasteiger charge is -2.26. The molecule has 0 bridgehead atoms. The number of hydrogen-bond donors (Lipinski definition) is 1. The van der Waals surface area contributed by atoms with Crippen LogP contribution in [0.3, 0.4) is 0 Å². The number of rotatable bonds is 3. The van der Waals surface area contributed by atoms with E-state index in [0.717, 1.165) is 11.7 Å². The van der Waals surface area contributed by atoms with Crippen molar-refractivity contribution in [1.29, 1.82) is 0 Å². The summed E-state index contributed by atoms with van der Waals surface area (Å²) in [6.07, 6.45) is 0. The van der Waals surface area contributed by atoms with Gasteiger partial charge in [0.1, 0.15) is 0 Å². The predicted molar refractivity (Wildman–Crippen MR) is 48.5 cm³/mol. The van der Waals surface area contributed by atoms with Gasteiger partial charge in [0, 0.05) is 13.8 Å². The van der Waals surface area contributed by atoms with Crippen LogP contribution in [0, 0.1) is 5.92 Å². The maximum absolute atomic E-state index is 11.4. The fourth-order valence-electron chi connectivity index (χ4n) is 1.20. The Balaban J connectivity index is 2.82. The molecule has 1 N–H and O–H groups in total. The zero-order valence-corrected chi connectivity index (χ0v) is 9.23. The van der Waals surface area contributed by atoms with E-state index in [4.69, 9.17) is 9.57 Å². The minimum atomic E-state index is -3.53. The molecule has 0 aromatic carbocycles. The third-order valence-corrected chi connectivity index (χ3v) is 3.16. The van der Waals surface area contributed by atoms with Crippen LogP contribution in [0.5, 0.6) is 0 Å². The quantitative estimate of drug-likeness (QED) is 0.693. The fraction of sp³-hybridized carbons (Fsp3) is 0.857.